The number of hydrogen-bond acceptors (Lipinski definition) is 3. The number of amides is 1. The van der Waals surface area contributed by atoms with E-state index >= 15 is 0 Å². The van der Waals surface area contributed by atoms with Gasteiger partial charge in [0, 0.05) is 0 Å². The molecule has 2 aliphatic rings. The number of unbranched alkanes of at least 4 members (excludes halogenated alkanes) is 1. The number of rotatable bonds is 7. The summed E-state index contributed by atoms with van der Waals surface area (Å²) < 4.78 is 5.59. The van der Waals surface area contributed by atoms with E-state index in [1.165, 1.54) is 6.42 Å². The number of carbonyl (C=O) groups is 2. The molecule has 5 nitrogen and oxygen atoms in total. The van der Waals surface area contributed by atoms with Crippen LogP contribution in [0.2, 0.25) is 0 Å². The van der Waals surface area contributed by atoms with Gasteiger partial charge in [0.2, 0.25) is 0 Å². The third kappa shape index (κ3) is 4.49. The summed E-state index contributed by atoms with van der Waals surface area (Å²) in [5.74, 6) is 0.768. The van der Waals surface area contributed by atoms with E-state index in [4.69, 9.17) is 4.74 Å². The summed E-state index contributed by atoms with van der Waals surface area (Å²) >= 11 is 0. The van der Waals surface area contributed by atoms with Gasteiger partial charge >= 0.3 is 12.1 Å². The monoisotopic (exact) mass is 323 g/mol. The summed E-state index contributed by atoms with van der Waals surface area (Å²) in [5.41, 5.74) is -0.563. The maximum Gasteiger partial charge on any atom is 0.408 e. The van der Waals surface area contributed by atoms with E-state index in [0.29, 0.717) is 17.8 Å². The number of allylic oxidation sites excluding steroid dienone is 1. The lowest BCUT2D eigenvalue weighted by Gasteiger charge is -2.29. The largest absolute Gasteiger partial charge is 0.480 e. The Morgan fingerprint density at radius 1 is 1.39 bits per heavy atom. The summed E-state index contributed by atoms with van der Waals surface area (Å²) in [6.07, 6.45) is 6.51. The molecule has 23 heavy (non-hydrogen) atoms. The molecule has 2 unspecified atom stereocenters. The molecule has 2 aliphatic carbocycles. The molecule has 2 rings (SSSR count). The molecule has 0 radical (unpaired) electrons. The van der Waals surface area contributed by atoms with Crippen LogP contribution < -0.4 is 5.32 Å². The second-order valence-electron chi connectivity index (χ2n) is 8.00. The third-order valence-corrected chi connectivity index (χ3v) is 5.12. The molecule has 130 valence electrons. The average Bonchev–Trinajstić information content (AvgIpc) is 3.11. The predicted molar refractivity (Wildman–Crippen MR) is 88.0 cm³/mol. The normalized spacial score (nSPS) is 30.2. The van der Waals surface area contributed by atoms with Gasteiger partial charge in [0.05, 0.1) is 0 Å². The van der Waals surface area contributed by atoms with Gasteiger partial charge in [-0.05, 0) is 55.3 Å². The van der Waals surface area contributed by atoms with Crippen molar-refractivity contribution in [3.8, 4) is 0 Å². The van der Waals surface area contributed by atoms with Gasteiger partial charge in [0.1, 0.15) is 12.1 Å². The first-order valence-corrected chi connectivity index (χ1v) is 8.55. The van der Waals surface area contributed by atoms with E-state index in [0.717, 1.165) is 25.7 Å². The Balaban J connectivity index is 1.88. The lowest BCUT2D eigenvalue weighted by atomic mass is 9.87. The summed E-state index contributed by atoms with van der Waals surface area (Å²) in [6.45, 7) is 9.10. The van der Waals surface area contributed by atoms with Gasteiger partial charge in [-0.3, -0.25) is 0 Å². The van der Waals surface area contributed by atoms with E-state index in [2.05, 4.69) is 11.9 Å². The molecule has 2 N–H and O–H groups in total. The van der Waals surface area contributed by atoms with Crippen LogP contribution in [0.3, 0.4) is 0 Å². The van der Waals surface area contributed by atoms with E-state index in [-0.39, 0.29) is 6.10 Å². The molecule has 0 bridgehead atoms. The minimum Gasteiger partial charge on any atom is -0.480 e. The fraction of sp³-hybridized carbons (Fsp3) is 0.778. The molecule has 0 aromatic heterocycles. The summed E-state index contributed by atoms with van der Waals surface area (Å²) in [6, 6.07) is -0.954. The predicted octanol–water partition coefficient (Wildman–Crippen LogP) is 3.59. The molecule has 2 saturated carbocycles. The Hall–Kier alpha value is -1.52. The standard InChI is InChI=1S/C18H29NO4/c1-5-6-7-8-12-13-9-11(13)10-14(12)23-17(22)19-15(16(20)21)18(2,3)4/h5,11-15H,1,6-10H2,2-4H3,(H,19,22)(H,20,21)/t11?,12-,13+,14?,15-/m1/s1. The molecule has 0 heterocycles. The van der Waals surface area contributed by atoms with E-state index in [9.17, 15) is 14.7 Å². The number of ether oxygens (including phenoxy) is 1. The molecule has 0 aromatic rings. The van der Waals surface area contributed by atoms with Gasteiger partial charge in [0.25, 0.3) is 0 Å². The quantitative estimate of drug-likeness (QED) is 0.554. The fourth-order valence-corrected chi connectivity index (χ4v) is 3.79. The van der Waals surface area contributed by atoms with Crippen molar-refractivity contribution in [2.45, 2.75) is 65.0 Å². The van der Waals surface area contributed by atoms with Crippen molar-refractivity contribution in [1.82, 2.24) is 5.32 Å². The second-order valence-corrected chi connectivity index (χ2v) is 8.00. The van der Waals surface area contributed by atoms with Crippen LogP contribution in [0.15, 0.2) is 12.7 Å². The van der Waals surface area contributed by atoms with E-state index in [1.54, 1.807) is 20.8 Å². The minimum atomic E-state index is -1.04. The van der Waals surface area contributed by atoms with Gasteiger partial charge in [-0.1, -0.05) is 26.8 Å². The van der Waals surface area contributed by atoms with Crippen LogP contribution >= 0.6 is 0 Å². The first kappa shape index (κ1) is 17.8. The van der Waals surface area contributed by atoms with Crippen molar-refractivity contribution in [1.29, 1.82) is 0 Å². The zero-order valence-corrected chi connectivity index (χ0v) is 14.4. The molecule has 2 fully saturated rings. The molecule has 1 amide bonds. The Morgan fingerprint density at radius 3 is 2.65 bits per heavy atom. The first-order valence-electron chi connectivity index (χ1n) is 8.55. The second kappa shape index (κ2) is 6.93. The summed E-state index contributed by atoms with van der Waals surface area (Å²) in [4.78, 5) is 23.5. The molecule has 0 aliphatic heterocycles. The van der Waals surface area contributed by atoms with Crippen LogP contribution in [-0.4, -0.2) is 29.3 Å². The van der Waals surface area contributed by atoms with Crippen LogP contribution in [0.25, 0.3) is 0 Å². The highest BCUT2D eigenvalue weighted by Crippen LogP contribution is 2.57. The topological polar surface area (TPSA) is 75.6 Å². The Bertz CT molecular complexity index is 468. The number of hydrogen-bond donors (Lipinski definition) is 2. The van der Waals surface area contributed by atoms with Gasteiger partial charge in [-0.15, -0.1) is 6.58 Å². The maximum atomic E-state index is 12.1. The molecule has 0 saturated heterocycles. The molecule has 5 heteroatoms. The minimum absolute atomic E-state index is 0.0713. The average molecular weight is 323 g/mol. The Kier molecular flexibility index (Phi) is 5.37. The van der Waals surface area contributed by atoms with Gasteiger partial charge < -0.3 is 15.2 Å². The highest BCUT2D eigenvalue weighted by atomic mass is 16.6. The lowest BCUT2D eigenvalue weighted by Crippen LogP contribution is -2.50. The third-order valence-electron chi connectivity index (χ3n) is 5.12. The highest BCUT2D eigenvalue weighted by Gasteiger charge is 2.54. The summed E-state index contributed by atoms with van der Waals surface area (Å²) in [5, 5.41) is 11.8. The van der Waals surface area contributed by atoms with Crippen LogP contribution in [0, 0.1) is 23.2 Å². The van der Waals surface area contributed by atoms with E-state index < -0.39 is 23.5 Å². The van der Waals surface area contributed by atoms with Gasteiger partial charge in [0.15, 0.2) is 0 Å². The van der Waals surface area contributed by atoms with Crippen molar-refractivity contribution >= 4 is 12.1 Å². The van der Waals surface area contributed by atoms with Gasteiger partial charge in [-0.25, -0.2) is 9.59 Å². The van der Waals surface area contributed by atoms with Crippen LogP contribution in [0.1, 0.15) is 52.9 Å². The van der Waals surface area contributed by atoms with Crippen molar-refractivity contribution in [3.05, 3.63) is 12.7 Å². The zero-order chi connectivity index (χ0) is 17.2. The zero-order valence-electron chi connectivity index (χ0n) is 14.4. The van der Waals surface area contributed by atoms with Crippen LogP contribution in [0.4, 0.5) is 4.79 Å². The SMILES string of the molecule is C=CCCC[C@H]1C(OC(=O)N[C@H](C(=O)O)C(C)(C)C)CC2C[C@@H]21. The van der Waals surface area contributed by atoms with Crippen molar-refractivity contribution < 1.29 is 19.4 Å². The Labute approximate surface area is 138 Å². The molecular weight excluding hydrogens is 294 g/mol. The number of carboxylic acids is 1. The number of carbonyl (C=O) groups excluding carboxylic acids is 1. The van der Waals surface area contributed by atoms with Crippen LogP contribution in [-0.2, 0) is 9.53 Å². The van der Waals surface area contributed by atoms with E-state index in [1.807, 2.05) is 6.08 Å². The number of alkyl carbamates (subject to hydrolysis) is 1. The van der Waals surface area contributed by atoms with Crippen LogP contribution in [0.5, 0.6) is 0 Å². The number of aliphatic carboxylic acids is 1. The highest BCUT2D eigenvalue weighted by molar-refractivity contribution is 5.80. The Morgan fingerprint density at radius 2 is 2.09 bits per heavy atom. The van der Waals surface area contributed by atoms with Crippen molar-refractivity contribution in [2.24, 2.45) is 23.2 Å². The molecule has 0 aromatic carbocycles. The maximum absolute atomic E-state index is 12.1. The summed E-state index contributed by atoms with van der Waals surface area (Å²) in [7, 11) is 0. The van der Waals surface area contributed by atoms with Crippen molar-refractivity contribution in [2.75, 3.05) is 0 Å². The smallest absolute Gasteiger partial charge is 0.408 e. The molecule has 0 spiro atoms. The first-order chi connectivity index (χ1) is 10.7. The number of carboxylic acid groups (broad SMARTS) is 1. The fourth-order valence-electron chi connectivity index (χ4n) is 3.79. The van der Waals surface area contributed by atoms with Gasteiger partial charge in [-0.2, -0.15) is 0 Å². The number of fused-ring (bicyclic) bond motifs is 1. The van der Waals surface area contributed by atoms with Crippen molar-refractivity contribution in [3.63, 3.8) is 0 Å². The number of nitrogens with one attached hydrogen (secondary N) is 1. The lowest BCUT2D eigenvalue weighted by molar-refractivity contribution is -0.142. The molecule has 5 atom stereocenters. The molecular formula is C18H29NO4.